The third kappa shape index (κ3) is 37.3. The number of rotatable bonds is 63. The van der Waals surface area contributed by atoms with Gasteiger partial charge >= 0.3 is 0 Å². The van der Waals surface area contributed by atoms with Crippen LogP contribution in [0.3, 0.4) is 0 Å². The maximum Gasteiger partial charge on any atom is 0.251 e. The number of allylic oxidation sites excluding steroid dienone is 3. The van der Waals surface area contributed by atoms with Gasteiger partial charge in [0, 0.05) is 102 Å². The summed E-state index contributed by atoms with van der Waals surface area (Å²) in [5, 5.41) is 66.6. The lowest BCUT2D eigenvalue weighted by Gasteiger charge is -2.27. The van der Waals surface area contributed by atoms with E-state index < -0.39 is 43.0 Å². The average Bonchev–Trinajstić information content (AvgIpc) is 0.857. The monoisotopic (exact) mass is 1670 g/mol. The lowest BCUT2D eigenvalue weighted by Crippen LogP contribution is -2.48. The third-order valence-electron chi connectivity index (χ3n) is 16.9. The molecular weight excluding hydrogens is 1560 g/mol. The summed E-state index contributed by atoms with van der Waals surface area (Å²) >= 11 is 1.17. The molecule has 6 amide bonds. The Bertz CT molecular complexity index is 4060. The number of aliphatic imine (C=N–C) groups is 1. The Morgan fingerprint density at radius 2 is 1.11 bits per heavy atom. The fraction of sp³-hybridized carbons (Fsp3) is 0.481. The van der Waals surface area contributed by atoms with Gasteiger partial charge in [0.25, 0.3) is 5.91 Å². The zero-order valence-electron chi connectivity index (χ0n) is 66.3. The number of amides is 6. The number of phenols is 1. The number of ether oxygens (including phenoxy) is 14. The second-order valence-electron chi connectivity index (χ2n) is 26.0. The number of fused-ring (bicyclic) bond motifs is 2. The van der Waals surface area contributed by atoms with E-state index in [0.29, 0.717) is 227 Å². The number of nitrogens with zero attached hydrogens (tertiary/aromatic N) is 2. The number of anilines is 2. The molecule has 15 N–H and O–H groups in total. The molecule has 0 bridgehead atoms. The molecule has 1 atom stereocenters. The quantitative estimate of drug-likeness (QED) is 0.00650. The van der Waals surface area contributed by atoms with Gasteiger partial charge in [0.2, 0.25) is 35.4 Å². The van der Waals surface area contributed by atoms with Crippen LogP contribution in [0.5, 0.6) is 29.0 Å². The van der Waals surface area contributed by atoms with Gasteiger partial charge in [0.05, 0.1) is 182 Å². The Balaban J connectivity index is 0.548. The van der Waals surface area contributed by atoms with E-state index in [2.05, 4.69) is 36.9 Å². The molecular formula is C81H110N10O26S. The lowest BCUT2D eigenvalue weighted by atomic mass is 9.84. The highest BCUT2D eigenvalue weighted by molar-refractivity contribution is 7.99. The van der Waals surface area contributed by atoms with Crippen LogP contribution in [0.25, 0.3) is 5.57 Å². The Hall–Kier alpha value is -10.1. The molecule has 1 aliphatic carbocycles. The molecule has 37 heteroatoms. The number of aromatic hydroxyl groups is 3. The zero-order valence-corrected chi connectivity index (χ0v) is 67.1. The number of ketones is 1. The first-order valence-corrected chi connectivity index (χ1v) is 39.8. The summed E-state index contributed by atoms with van der Waals surface area (Å²) in [6, 6.07) is 22.4. The van der Waals surface area contributed by atoms with Crippen molar-refractivity contribution in [3.05, 3.63) is 143 Å². The number of aliphatic hydroxyl groups is 2. The molecule has 646 valence electrons. The fourth-order valence-corrected chi connectivity index (χ4v) is 12.1. The molecule has 5 aromatic rings. The van der Waals surface area contributed by atoms with Crippen molar-refractivity contribution < 1.29 is 125 Å². The van der Waals surface area contributed by atoms with Gasteiger partial charge in [-0.05, 0) is 98.1 Å². The SMILES string of the molecule is CC(=O)c1cc(NC(=O)CCSc2cc(O)n(CCC(=O)NCCOCCOCCOCCOCCOCCOCCOCCOCCOCCOCCOCCOCCC(=O)NCCCOc3ccc(NC(=O)C(CC(O)O)NC(=O)CNC(=O)c4cccc(N=C(N)N)c4)cc3)c2O)ccc1C1=C2C=CCC=C2Oc2cc(O)ccc21. The molecule has 0 spiro atoms. The van der Waals surface area contributed by atoms with Crippen LogP contribution in [-0.4, -0.2) is 280 Å². The first-order valence-electron chi connectivity index (χ1n) is 38.8. The van der Waals surface area contributed by atoms with E-state index in [9.17, 15) is 59.1 Å². The van der Waals surface area contributed by atoms with E-state index in [1.165, 1.54) is 47.5 Å². The van der Waals surface area contributed by atoms with Crippen LogP contribution in [0.4, 0.5) is 17.1 Å². The number of phenolic OH excluding ortho intramolecular Hbond substituents is 1. The average molecular weight is 1670 g/mol. The number of nitrogens with one attached hydrogen (secondary N) is 6. The van der Waals surface area contributed by atoms with Crippen LogP contribution in [0.1, 0.15) is 77.3 Å². The van der Waals surface area contributed by atoms with Gasteiger partial charge in [0.1, 0.15) is 29.0 Å². The molecule has 0 saturated carbocycles. The second kappa shape index (κ2) is 55.6. The van der Waals surface area contributed by atoms with E-state index >= 15 is 0 Å². The number of aliphatic hydroxyl groups excluding tert-OH is 1. The number of guanidine groups is 1. The van der Waals surface area contributed by atoms with Crippen molar-refractivity contribution in [3.63, 3.8) is 0 Å². The third-order valence-corrected chi connectivity index (χ3v) is 17.9. The Labute approximate surface area is 688 Å². The Kier molecular flexibility index (Phi) is 44.8. The Morgan fingerprint density at radius 3 is 1.69 bits per heavy atom. The van der Waals surface area contributed by atoms with Gasteiger partial charge in [0.15, 0.2) is 23.9 Å². The summed E-state index contributed by atoms with van der Waals surface area (Å²) in [5.74, 6) is -1.83. The number of aromatic nitrogens is 1. The number of carbonyl (C=O) groups is 7. The van der Waals surface area contributed by atoms with Gasteiger partial charge in [-0.3, -0.25) is 38.1 Å². The maximum atomic E-state index is 13.1. The summed E-state index contributed by atoms with van der Waals surface area (Å²) in [7, 11) is 0. The molecule has 36 nitrogen and oxygen atoms in total. The summed E-state index contributed by atoms with van der Waals surface area (Å²) < 4.78 is 79.4. The van der Waals surface area contributed by atoms with Crippen LogP contribution in [0.2, 0.25) is 0 Å². The highest BCUT2D eigenvalue weighted by Crippen LogP contribution is 2.46. The van der Waals surface area contributed by atoms with Gasteiger partial charge < -0.3 is 135 Å². The minimum atomic E-state index is -1.92. The number of hydrogen-bond donors (Lipinski definition) is 13. The molecule has 2 aliphatic rings. The van der Waals surface area contributed by atoms with Crippen LogP contribution < -0.4 is 52.8 Å². The molecule has 2 heterocycles. The molecule has 1 aromatic heterocycles. The predicted molar refractivity (Wildman–Crippen MR) is 434 cm³/mol. The Morgan fingerprint density at radius 1 is 0.559 bits per heavy atom. The minimum absolute atomic E-state index is 0.0129. The molecule has 1 aliphatic heterocycles. The largest absolute Gasteiger partial charge is 0.508 e. The van der Waals surface area contributed by atoms with Gasteiger partial charge in [-0.2, -0.15) is 0 Å². The number of hydrogen-bond acceptors (Lipinski definition) is 28. The smallest absolute Gasteiger partial charge is 0.251 e. The minimum Gasteiger partial charge on any atom is -0.508 e. The van der Waals surface area contributed by atoms with Crippen molar-refractivity contribution in [2.45, 2.75) is 69.2 Å². The van der Waals surface area contributed by atoms with Crippen LogP contribution in [0, 0.1) is 0 Å². The summed E-state index contributed by atoms with van der Waals surface area (Å²) in [5.41, 5.74) is 15.4. The predicted octanol–water partition coefficient (Wildman–Crippen LogP) is 4.11. The summed E-state index contributed by atoms with van der Waals surface area (Å²) in [6.45, 7) is 11.1. The number of carbonyl (C=O) groups excluding carboxylic acids is 7. The van der Waals surface area contributed by atoms with Crippen LogP contribution in [0.15, 0.2) is 130 Å². The van der Waals surface area contributed by atoms with Crippen molar-refractivity contribution in [1.29, 1.82) is 0 Å². The van der Waals surface area contributed by atoms with Crippen molar-refractivity contribution in [2.24, 2.45) is 16.5 Å². The van der Waals surface area contributed by atoms with E-state index in [-0.39, 0.29) is 104 Å². The molecule has 4 aromatic carbocycles. The highest BCUT2D eigenvalue weighted by atomic mass is 32.2. The summed E-state index contributed by atoms with van der Waals surface area (Å²) in [4.78, 5) is 93.4. The number of Topliss-reactive ketones (excluding diaryl/α,β-unsaturated/α-hetero) is 1. The number of nitrogens with two attached hydrogens (primary N) is 2. The normalized spacial score (nSPS) is 12.4. The second-order valence-corrected chi connectivity index (χ2v) is 27.1. The van der Waals surface area contributed by atoms with Crippen LogP contribution in [-0.2, 0) is 87.4 Å². The molecule has 7 rings (SSSR count). The van der Waals surface area contributed by atoms with Crippen molar-refractivity contribution in [1.82, 2.24) is 25.8 Å². The van der Waals surface area contributed by atoms with E-state index in [1.54, 1.807) is 66.7 Å². The molecule has 0 fully saturated rings. The fourth-order valence-electron chi connectivity index (χ4n) is 11.2. The first kappa shape index (κ1) is 95.1. The maximum absolute atomic E-state index is 13.1. The standard InChI is InChI=1S/C81H110N10O26S/c1-56(92)66-51-60(12-16-63(66)77-64-8-2-3-9-68(64)117-69-52-61(93)13-17-65(69)77)87-73(96)20-49-118-70-54-75(98)91(80(70)103)23-18-71(94)85-22-26-105-28-30-107-32-34-109-36-38-111-40-42-113-44-46-115-48-47-114-45-43-112-41-39-110-37-35-108-33-31-106-29-27-104-25-19-72(95)84-21-5-24-116-62-14-10-58(11-15-62)88-79(102)67(53-76(99)100)90-74(97)55-86-78(101)57-6-4-7-59(50-57)89-81(82)83/h2,4,6-17,50-52,54,67,76,93,98-100,103H,3,5,18-49,53,55H2,1H3,(H,84,95)(H,85,94)(H,86,101)(H,87,96)(H,88,102)(H,90,97)(H4,82,83,89). The highest BCUT2D eigenvalue weighted by Gasteiger charge is 2.29. The van der Waals surface area contributed by atoms with E-state index in [1.807, 2.05) is 18.2 Å². The van der Waals surface area contributed by atoms with Crippen molar-refractivity contribution >= 4 is 81.6 Å². The number of benzene rings is 4. The van der Waals surface area contributed by atoms with Gasteiger partial charge in [-0.25, -0.2) is 4.99 Å². The lowest BCUT2D eigenvalue weighted by molar-refractivity contribution is -0.128. The topological polar surface area (TPSA) is 491 Å². The zero-order chi connectivity index (χ0) is 84.3. The van der Waals surface area contributed by atoms with E-state index in [4.69, 9.17) is 77.8 Å². The van der Waals surface area contributed by atoms with Crippen LogP contribution >= 0.6 is 11.8 Å². The number of thioether (sulfide) groups is 1. The van der Waals surface area contributed by atoms with Gasteiger partial charge in [-0.1, -0.05) is 24.3 Å². The summed E-state index contributed by atoms with van der Waals surface area (Å²) in [6.07, 6.45) is 4.86. The first-order chi connectivity index (χ1) is 57.3. The molecule has 1 unspecified atom stereocenters. The van der Waals surface area contributed by atoms with Gasteiger partial charge in [-0.15, -0.1) is 11.8 Å². The van der Waals surface area contributed by atoms with Crippen molar-refractivity contribution in [2.75, 3.05) is 201 Å². The molecule has 0 radical (unpaired) electrons. The van der Waals surface area contributed by atoms with Crippen molar-refractivity contribution in [3.8, 4) is 29.0 Å². The molecule has 0 saturated heterocycles. The van der Waals surface area contributed by atoms with E-state index in [0.717, 1.165) is 11.1 Å². The molecule has 118 heavy (non-hydrogen) atoms.